The van der Waals surface area contributed by atoms with Crippen LogP contribution in [0.5, 0.6) is 5.75 Å². The number of nitrogens with zero attached hydrogens (tertiary/aromatic N) is 1. The van der Waals surface area contributed by atoms with Gasteiger partial charge in [0.25, 0.3) is 10.0 Å². The molecule has 0 aliphatic carbocycles. The summed E-state index contributed by atoms with van der Waals surface area (Å²) in [6, 6.07) is 20.9. The van der Waals surface area contributed by atoms with E-state index in [4.69, 9.17) is 4.74 Å². The molecule has 1 N–H and O–H groups in total. The second-order valence-electron chi connectivity index (χ2n) is 7.92. The zero-order valence-corrected chi connectivity index (χ0v) is 20.2. The third-order valence-electron chi connectivity index (χ3n) is 5.50. The second kappa shape index (κ2) is 10.5. The van der Waals surface area contributed by atoms with E-state index in [1.54, 1.807) is 31.4 Å². The van der Waals surface area contributed by atoms with Crippen molar-refractivity contribution in [3.8, 4) is 5.75 Å². The number of carbonyl (C=O) groups is 1. The highest BCUT2D eigenvalue weighted by Crippen LogP contribution is 2.28. The molecule has 1 atom stereocenters. The fourth-order valence-corrected chi connectivity index (χ4v) is 5.24. The topological polar surface area (TPSA) is 75.7 Å². The molecule has 174 valence electrons. The fraction of sp³-hybridized carbons (Fsp3) is 0.269. The van der Waals surface area contributed by atoms with Gasteiger partial charge in [-0.15, -0.1) is 0 Å². The molecule has 0 saturated carbocycles. The number of rotatable bonds is 9. The van der Waals surface area contributed by atoms with E-state index in [-0.39, 0.29) is 23.4 Å². The Hall–Kier alpha value is -3.32. The van der Waals surface area contributed by atoms with E-state index in [9.17, 15) is 13.2 Å². The van der Waals surface area contributed by atoms with Crippen LogP contribution in [0.25, 0.3) is 0 Å². The maximum atomic E-state index is 13.5. The zero-order chi connectivity index (χ0) is 24.0. The summed E-state index contributed by atoms with van der Waals surface area (Å²) in [5.41, 5.74) is 3.21. The fourth-order valence-electron chi connectivity index (χ4n) is 3.73. The van der Waals surface area contributed by atoms with Gasteiger partial charge in [0.05, 0.1) is 23.7 Å². The van der Waals surface area contributed by atoms with Gasteiger partial charge in [0.15, 0.2) is 0 Å². The number of hydrogen-bond acceptors (Lipinski definition) is 4. The minimum Gasteiger partial charge on any atom is -0.497 e. The van der Waals surface area contributed by atoms with Crippen molar-refractivity contribution in [3.05, 3.63) is 89.5 Å². The Morgan fingerprint density at radius 1 is 1.00 bits per heavy atom. The Balaban J connectivity index is 1.91. The molecule has 0 radical (unpaired) electrons. The molecule has 3 aromatic rings. The number of aryl methyl sites for hydroxylation is 2. The standard InChI is InChI=1S/C26H30N2O4S/c1-5-24(21-12-14-22(32-4)15-13-21)27-26(29)18-28(25-16-11-19(2)17-20(25)3)33(30,31)23-9-7-6-8-10-23/h6-17,24H,5,18H2,1-4H3,(H,27,29)/t24-/m0/s1. The molecule has 3 rings (SSSR count). The lowest BCUT2D eigenvalue weighted by Gasteiger charge is -2.27. The summed E-state index contributed by atoms with van der Waals surface area (Å²) in [7, 11) is -2.34. The summed E-state index contributed by atoms with van der Waals surface area (Å²) >= 11 is 0. The lowest BCUT2D eigenvalue weighted by atomic mass is 10.0. The van der Waals surface area contributed by atoms with Gasteiger partial charge in [-0.25, -0.2) is 8.42 Å². The predicted octanol–water partition coefficient (Wildman–Crippen LogP) is 4.77. The van der Waals surface area contributed by atoms with Gasteiger partial charge >= 0.3 is 0 Å². The summed E-state index contributed by atoms with van der Waals surface area (Å²) in [4.78, 5) is 13.2. The molecule has 0 bridgehead atoms. The van der Waals surface area contributed by atoms with Gasteiger partial charge in [-0.3, -0.25) is 9.10 Å². The van der Waals surface area contributed by atoms with Crippen LogP contribution in [0.3, 0.4) is 0 Å². The third kappa shape index (κ3) is 5.73. The molecule has 7 heteroatoms. The van der Waals surface area contributed by atoms with Crippen molar-refractivity contribution in [2.75, 3.05) is 18.0 Å². The van der Waals surface area contributed by atoms with Gasteiger partial charge in [-0.2, -0.15) is 0 Å². The molecule has 0 spiro atoms. The molecule has 33 heavy (non-hydrogen) atoms. The number of anilines is 1. The molecule has 0 fully saturated rings. The number of carbonyl (C=O) groups excluding carboxylic acids is 1. The lowest BCUT2D eigenvalue weighted by Crippen LogP contribution is -2.42. The first-order valence-corrected chi connectivity index (χ1v) is 12.3. The molecular weight excluding hydrogens is 436 g/mol. The van der Waals surface area contributed by atoms with E-state index in [0.717, 1.165) is 22.4 Å². The predicted molar refractivity (Wildman–Crippen MR) is 131 cm³/mol. The minimum atomic E-state index is -3.94. The van der Waals surface area contributed by atoms with E-state index < -0.39 is 10.0 Å². The van der Waals surface area contributed by atoms with Crippen LogP contribution in [0.2, 0.25) is 0 Å². The van der Waals surface area contributed by atoms with E-state index in [1.807, 2.05) is 57.2 Å². The Morgan fingerprint density at radius 2 is 1.67 bits per heavy atom. The molecule has 0 aliphatic heterocycles. The van der Waals surface area contributed by atoms with Crippen LogP contribution in [0.15, 0.2) is 77.7 Å². The Kier molecular flexibility index (Phi) is 7.76. The smallest absolute Gasteiger partial charge is 0.264 e. The van der Waals surface area contributed by atoms with Crippen molar-refractivity contribution >= 4 is 21.6 Å². The van der Waals surface area contributed by atoms with Crippen LogP contribution in [0.1, 0.15) is 36.1 Å². The highest BCUT2D eigenvalue weighted by molar-refractivity contribution is 7.92. The normalized spacial score (nSPS) is 12.1. The molecule has 0 saturated heterocycles. The first-order valence-electron chi connectivity index (χ1n) is 10.8. The average Bonchev–Trinajstić information content (AvgIpc) is 2.82. The quantitative estimate of drug-likeness (QED) is 0.493. The monoisotopic (exact) mass is 466 g/mol. The van der Waals surface area contributed by atoms with Crippen molar-refractivity contribution in [3.63, 3.8) is 0 Å². The van der Waals surface area contributed by atoms with Gasteiger partial charge in [-0.1, -0.05) is 55.0 Å². The van der Waals surface area contributed by atoms with Crippen molar-refractivity contribution in [2.45, 2.75) is 38.1 Å². The summed E-state index contributed by atoms with van der Waals surface area (Å²) < 4.78 is 33.5. The highest BCUT2D eigenvalue weighted by atomic mass is 32.2. The third-order valence-corrected chi connectivity index (χ3v) is 7.27. The van der Waals surface area contributed by atoms with Crippen LogP contribution in [0, 0.1) is 13.8 Å². The molecular formula is C26H30N2O4S. The van der Waals surface area contributed by atoms with Crippen LogP contribution >= 0.6 is 0 Å². The van der Waals surface area contributed by atoms with Crippen molar-refractivity contribution in [1.29, 1.82) is 0 Å². The lowest BCUT2D eigenvalue weighted by molar-refractivity contribution is -0.120. The molecule has 6 nitrogen and oxygen atoms in total. The number of methoxy groups -OCH3 is 1. The minimum absolute atomic E-state index is 0.139. The summed E-state index contributed by atoms with van der Waals surface area (Å²) in [5, 5.41) is 2.99. The summed E-state index contributed by atoms with van der Waals surface area (Å²) in [5.74, 6) is 0.354. The van der Waals surface area contributed by atoms with Crippen molar-refractivity contribution in [1.82, 2.24) is 5.32 Å². The SMILES string of the molecule is CC[C@H](NC(=O)CN(c1ccc(C)cc1C)S(=O)(=O)c1ccccc1)c1ccc(OC)cc1. The Morgan fingerprint density at radius 3 is 2.24 bits per heavy atom. The number of hydrogen-bond donors (Lipinski definition) is 1. The Bertz CT molecular complexity index is 1190. The molecule has 0 aromatic heterocycles. The maximum Gasteiger partial charge on any atom is 0.264 e. The molecule has 3 aromatic carbocycles. The van der Waals surface area contributed by atoms with Crippen molar-refractivity contribution in [2.24, 2.45) is 0 Å². The van der Waals surface area contributed by atoms with Gasteiger partial charge in [0.1, 0.15) is 12.3 Å². The van der Waals surface area contributed by atoms with Gasteiger partial charge < -0.3 is 10.1 Å². The van der Waals surface area contributed by atoms with Crippen LogP contribution in [-0.2, 0) is 14.8 Å². The second-order valence-corrected chi connectivity index (χ2v) is 9.78. The van der Waals surface area contributed by atoms with Gasteiger partial charge in [0, 0.05) is 0 Å². The van der Waals surface area contributed by atoms with Crippen LogP contribution in [0.4, 0.5) is 5.69 Å². The van der Waals surface area contributed by atoms with Crippen molar-refractivity contribution < 1.29 is 17.9 Å². The number of ether oxygens (including phenoxy) is 1. The number of sulfonamides is 1. The van der Waals surface area contributed by atoms with E-state index in [0.29, 0.717) is 12.1 Å². The van der Waals surface area contributed by atoms with Crippen LogP contribution < -0.4 is 14.4 Å². The van der Waals surface area contributed by atoms with E-state index >= 15 is 0 Å². The summed E-state index contributed by atoms with van der Waals surface area (Å²) in [6.45, 7) is 5.44. The first kappa shape index (κ1) is 24.3. The van der Waals surface area contributed by atoms with Crippen LogP contribution in [-0.4, -0.2) is 28.0 Å². The zero-order valence-electron chi connectivity index (χ0n) is 19.4. The highest BCUT2D eigenvalue weighted by Gasteiger charge is 2.29. The number of nitrogens with one attached hydrogen (secondary N) is 1. The van der Waals surface area contributed by atoms with E-state index in [1.165, 1.54) is 16.4 Å². The average molecular weight is 467 g/mol. The summed E-state index contributed by atoms with van der Waals surface area (Å²) in [6.07, 6.45) is 0.660. The molecule has 0 aliphatic rings. The Labute approximate surface area is 196 Å². The van der Waals surface area contributed by atoms with Gasteiger partial charge in [-0.05, 0) is 61.7 Å². The molecule has 0 unspecified atom stereocenters. The first-order chi connectivity index (χ1) is 15.8. The molecule has 1 amide bonds. The van der Waals surface area contributed by atoms with Gasteiger partial charge in [0.2, 0.25) is 5.91 Å². The van der Waals surface area contributed by atoms with E-state index in [2.05, 4.69) is 5.32 Å². The largest absolute Gasteiger partial charge is 0.497 e. The number of amides is 1. The maximum absolute atomic E-state index is 13.5. The molecule has 0 heterocycles. The number of benzene rings is 3.